The molecule has 1 aliphatic rings. The van der Waals surface area contributed by atoms with Crippen LogP contribution in [0.3, 0.4) is 0 Å². The molecule has 0 radical (unpaired) electrons. The highest BCUT2D eigenvalue weighted by molar-refractivity contribution is 5.79. The van der Waals surface area contributed by atoms with Gasteiger partial charge >= 0.3 is 0 Å². The van der Waals surface area contributed by atoms with Gasteiger partial charge in [0, 0.05) is 51.5 Å². The van der Waals surface area contributed by atoms with Crippen LogP contribution in [0.4, 0.5) is 0 Å². The lowest BCUT2D eigenvalue weighted by molar-refractivity contribution is -0.0180. The van der Waals surface area contributed by atoms with Gasteiger partial charge in [-0.3, -0.25) is 14.6 Å². The van der Waals surface area contributed by atoms with Crippen molar-refractivity contribution in [3.05, 3.63) is 18.0 Å². The fourth-order valence-corrected chi connectivity index (χ4v) is 3.29. The summed E-state index contributed by atoms with van der Waals surface area (Å²) in [5, 5.41) is 21.7. The Morgan fingerprint density at radius 1 is 1.39 bits per heavy atom. The Morgan fingerprint density at radius 3 is 2.68 bits per heavy atom. The number of nitrogens with one attached hydrogen (secondary N) is 2. The van der Waals surface area contributed by atoms with E-state index in [0.29, 0.717) is 25.6 Å². The van der Waals surface area contributed by atoms with Gasteiger partial charge in [-0.2, -0.15) is 5.10 Å². The summed E-state index contributed by atoms with van der Waals surface area (Å²) >= 11 is 0. The van der Waals surface area contributed by atoms with Crippen LogP contribution >= 0.6 is 0 Å². The Bertz CT molecular complexity index is 609. The SMILES string of the molecule is CCNC(=NCC(C)(O)CN1CCOCC1)NCC(c1cnn(C)c1)N(C)C. The van der Waals surface area contributed by atoms with Crippen LogP contribution in [0.25, 0.3) is 0 Å². The van der Waals surface area contributed by atoms with Crippen LogP contribution in [0.5, 0.6) is 0 Å². The fourth-order valence-electron chi connectivity index (χ4n) is 3.29. The van der Waals surface area contributed by atoms with Crippen LogP contribution in [0, 0.1) is 0 Å². The quantitative estimate of drug-likeness (QED) is 0.389. The Kier molecular flexibility index (Phi) is 8.68. The van der Waals surface area contributed by atoms with Crippen molar-refractivity contribution in [2.24, 2.45) is 12.0 Å². The molecular weight excluding hydrogens is 358 g/mol. The zero-order chi connectivity index (χ0) is 20.6. The van der Waals surface area contributed by atoms with Gasteiger partial charge in [-0.1, -0.05) is 0 Å². The summed E-state index contributed by atoms with van der Waals surface area (Å²) in [5.74, 6) is 0.709. The summed E-state index contributed by atoms with van der Waals surface area (Å²) in [5.41, 5.74) is 0.263. The average Bonchev–Trinajstić information content (AvgIpc) is 3.06. The molecule has 1 fully saturated rings. The number of hydrogen-bond acceptors (Lipinski definition) is 6. The molecule has 0 spiro atoms. The summed E-state index contributed by atoms with van der Waals surface area (Å²) in [7, 11) is 6.03. The van der Waals surface area contributed by atoms with E-state index in [1.807, 2.05) is 38.0 Å². The number of nitrogens with zero attached hydrogens (tertiary/aromatic N) is 5. The minimum absolute atomic E-state index is 0.173. The molecule has 3 N–H and O–H groups in total. The van der Waals surface area contributed by atoms with Gasteiger partial charge in [-0.25, -0.2) is 0 Å². The second-order valence-corrected chi connectivity index (χ2v) is 7.89. The molecule has 0 aromatic carbocycles. The molecule has 9 nitrogen and oxygen atoms in total. The smallest absolute Gasteiger partial charge is 0.191 e. The third kappa shape index (κ3) is 7.38. The molecule has 2 atom stereocenters. The largest absolute Gasteiger partial charge is 0.387 e. The van der Waals surface area contributed by atoms with Crippen LogP contribution in [0.1, 0.15) is 25.5 Å². The van der Waals surface area contributed by atoms with E-state index >= 15 is 0 Å². The van der Waals surface area contributed by atoms with Crippen molar-refractivity contribution < 1.29 is 9.84 Å². The molecule has 0 amide bonds. The van der Waals surface area contributed by atoms with Crippen molar-refractivity contribution >= 4 is 5.96 Å². The lowest BCUT2D eigenvalue weighted by Crippen LogP contribution is -2.48. The predicted molar refractivity (Wildman–Crippen MR) is 112 cm³/mol. The molecule has 2 heterocycles. The van der Waals surface area contributed by atoms with Gasteiger partial charge in [-0.05, 0) is 27.9 Å². The number of likely N-dealkylation sites (N-methyl/N-ethyl adjacent to an activating group) is 1. The van der Waals surface area contributed by atoms with Gasteiger partial charge in [0.25, 0.3) is 0 Å². The zero-order valence-electron chi connectivity index (χ0n) is 18.0. The predicted octanol–water partition coefficient (Wildman–Crippen LogP) is -0.339. The van der Waals surface area contributed by atoms with Gasteiger partial charge < -0.3 is 25.4 Å². The maximum Gasteiger partial charge on any atom is 0.191 e. The third-order valence-corrected chi connectivity index (χ3v) is 4.79. The summed E-state index contributed by atoms with van der Waals surface area (Å²) in [6.07, 6.45) is 3.92. The number of hydrogen-bond donors (Lipinski definition) is 3. The van der Waals surface area contributed by atoms with Crippen molar-refractivity contribution in [1.82, 2.24) is 30.2 Å². The first-order valence-electron chi connectivity index (χ1n) is 10.0. The first-order chi connectivity index (χ1) is 13.3. The minimum Gasteiger partial charge on any atom is -0.387 e. The molecule has 0 bridgehead atoms. The Morgan fingerprint density at radius 2 is 2.11 bits per heavy atom. The summed E-state index contributed by atoms with van der Waals surface area (Å²) in [6.45, 7) is 9.41. The van der Waals surface area contributed by atoms with Gasteiger partial charge in [0.05, 0.1) is 37.6 Å². The van der Waals surface area contributed by atoms with Crippen molar-refractivity contribution in [2.75, 3.05) is 66.6 Å². The number of morpholine rings is 1. The van der Waals surface area contributed by atoms with E-state index in [2.05, 4.69) is 44.6 Å². The van der Waals surface area contributed by atoms with Crippen molar-refractivity contribution in [2.45, 2.75) is 25.5 Å². The topological polar surface area (TPSA) is 90.2 Å². The minimum atomic E-state index is -0.885. The van der Waals surface area contributed by atoms with E-state index in [1.54, 1.807) is 0 Å². The first-order valence-corrected chi connectivity index (χ1v) is 10.0. The highest BCUT2D eigenvalue weighted by atomic mass is 16.5. The van der Waals surface area contributed by atoms with E-state index in [0.717, 1.165) is 38.4 Å². The van der Waals surface area contributed by atoms with E-state index in [4.69, 9.17) is 4.74 Å². The van der Waals surface area contributed by atoms with Crippen molar-refractivity contribution in [3.63, 3.8) is 0 Å². The third-order valence-electron chi connectivity index (χ3n) is 4.79. The monoisotopic (exact) mass is 395 g/mol. The average molecular weight is 396 g/mol. The summed E-state index contributed by atoms with van der Waals surface area (Å²) in [6, 6.07) is 0.173. The van der Waals surface area contributed by atoms with Crippen LogP contribution in [-0.4, -0.2) is 103 Å². The number of β-amino-alcohol motifs (C(OH)–C–C–N with tert-alkyl or cyclic N) is 1. The molecule has 0 aliphatic carbocycles. The van der Waals surface area contributed by atoms with E-state index in [-0.39, 0.29) is 6.04 Å². The lowest BCUT2D eigenvalue weighted by Gasteiger charge is -2.33. The second kappa shape index (κ2) is 10.8. The molecule has 9 heteroatoms. The van der Waals surface area contributed by atoms with Crippen molar-refractivity contribution in [3.8, 4) is 0 Å². The molecule has 0 saturated carbocycles. The van der Waals surface area contributed by atoms with Crippen LogP contribution < -0.4 is 10.6 Å². The summed E-state index contributed by atoms with van der Waals surface area (Å²) < 4.78 is 7.19. The van der Waals surface area contributed by atoms with Gasteiger partial charge in [0.15, 0.2) is 5.96 Å². The molecule has 2 unspecified atom stereocenters. The fraction of sp³-hybridized carbons (Fsp3) is 0.789. The number of aromatic nitrogens is 2. The Balaban J connectivity index is 1.94. The summed E-state index contributed by atoms with van der Waals surface area (Å²) in [4.78, 5) is 9.01. The Hall–Kier alpha value is -1.68. The normalized spacial score (nSPS) is 19.5. The number of aliphatic hydroxyl groups is 1. The standard InChI is InChI=1S/C19H37N7O2/c1-6-20-18(21-12-17(24(3)4)16-11-23-25(5)13-16)22-14-19(2,27)15-26-7-9-28-10-8-26/h11,13,17,27H,6-10,12,14-15H2,1-5H3,(H2,20,21,22). The maximum absolute atomic E-state index is 10.8. The molecule has 1 aromatic rings. The number of guanidine groups is 1. The van der Waals surface area contributed by atoms with Gasteiger partial charge in [0.2, 0.25) is 0 Å². The molecule has 1 aliphatic heterocycles. The van der Waals surface area contributed by atoms with Crippen LogP contribution in [0.2, 0.25) is 0 Å². The molecule has 1 saturated heterocycles. The van der Waals surface area contributed by atoms with Crippen molar-refractivity contribution in [1.29, 1.82) is 0 Å². The molecule has 1 aromatic heterocycles. The highest BCUT2D eigenvalue weighted by Crippen LogP contribution is 2.16. The number of aliphatic imine (C=N–C) groups is 1. The number of rotatable bonds is 9. The van der Waals surface area contributed by atoms with Crippen LogP contribution in [0.15, 0.2) is 17.4 Å². The van der Waals surface area contributed by atoms with Gasteiger partial charge in [-0.15, -0.1) is 0 Å². The maximum atomic E-state index is 10.8. The van der Waals surface area contributed by atoms with Gasteiger partial charge in [0.1, 0.15) is 0 Å². The number of aryl methyl sites for hydroxylation is 1. The second-order valence-electron chi connectivity index (χ2n) is 7.89. The molecule has 28 heavy (non-hydrogen) atoms. The van der Waals surface area contributed by atoms with E-state index in [9.17, 15) is 5.11 Å². The molecular formula is C19H37N7O2. The number of ether oxygens (including phenoxy) is 1. The van der Waals surface area contributed by atoms with Crippen LogP contribution in [-0.2, 0) is 11.8 Å². The molecule has 160 valence electrons. The molecule has 2 rings (SSSR count). The van der Waals surface area contributed by atoms with E-state index < -0.39 is 5.60 Å². The highest BCUT2D eigenvalue weighted by Gasteiger charge is 2.25. The Labute approximate surface area is 168 Å². The first kappa shape index (κ1) is 22.6. The zero-order valence-corrected chi connectivity index (χ0v) is 18.0. The lowest BCUT2D eigenvalue weighted by atomic mass is 10.1. The van der Waals surface area contributed by atoms with E-state index in [1.165, 1.54) is 0 Å².